The van der Waals surface area contributed by atoms with Crippen molar-refractivity contribution in [1.29, 1.82) is 0 Å². The van der Waals surface area contributed by atoms with Gasteiger partial charge in [0.25, 0.3) is 5.91 Å². The first-order chi connectivity index (χ1) is 8.63. The highest BCUT2D eigenvalue weighted by Crippen LogP contribution is 2.18. The number of carbonyl (C=O) groups excluding carboxylic acids is 1. The molecule has 0 aliphatic rings. The maximum absolute atomic E-state index is 11.2. The largest absolute Gasteiger partial charge is 0.395 e. The SMILES string of the molecule is CCc1c(N)c(C(N)=O)nn1Cc1ccccc1. The summed E-state index contributed by atoms with van der Waals surface area (Å²) in [6.45, 7) is 2.56. The van der Waals surface area contributed by atoms with Crippen LogP contribution in [0.25, 0.3) is 0 Å². The van der Waals surface area contributed by atoms with E-state index < -0.39 is 5.91 Å². The molecule has 18 heavy (non-hydrogen) atoms. The predicted molar refractivity (Wildman–Crippen MR) is 70.1 cm³/mol. The van der Waals surface area contributed by atoms with Gasteiger partial charge in [0.2, 0.25) is 0 Å². The molecule has 0 radical (unpaired) electrons. The van der Waals surface area contributed by atoms with E-state index in [1.807, 2.05) is 37.3 Å². The van der Waals surface area contributed by atoms with Crippen molar-refractivity contribution < 1.29 is 4.79 Å². The van der Waals surface area contributed by atoms with Gasteiger partial charge < -0.3 is 11.5 Å². The monoisotopic (exact) mass is 244 g/mol. The smallest absolute Gasteiger partial charge is 0.271 e. The standard InChI is InChI=1S/C13H16N4O/c1-2-10-11(14)12(13(15)18)16-17(10)8-9-6-4-3-5-7-9/h3-7H,2,8,14H2,1H3,(H2,15,18). The van der Waals surface area contributed by atoms with Crippen molar-refractivity contribution in [2.45, 2.75) is 19.9 Å². The first-order valence-corrected chi connectivity index (χ1v) is 5.82. The third kappa shape index (κ3) is 2.20. The lowest BCUT2D eigenvalue weighted by Gasteiger charge is -2.06. The molecule has 0 bridgehead atoms. The van der Waals surface area contributed by atoms with Gasteiger partial charge in [0.15, 0.2) is 5.69 Å². The van der Waals surface area contributed by atoms with E-state index in [2.05, 4.69) is 5.10 Å². The summed E-state index contributed by atoms with van der Waals surface area (Å²) in [5.74, 6) is -0.589. The quantitative estimate of drug-likeness (QED) is 0.846. The maximum Gasteiger partial charge on any atom is 0.271 e. The lowest BCUT2D eigenvalue weighted by molar-refractivity contribution is 0.0995. The van der Waals surface area contributed by atoms with E-state index in [0.29, 0.717) is 18.7 Å². The zero-order chi connectivity index (χ0) is 13.1. The van der Waals surface area contributed by atoms with Crippen molar-refractivity contribution >= 4 is 11.6 Å². The zero-order valence-corrected chi connectivity index (χ0v) is 10.3. The Labute approximate surface area is 105 Å². The van der Waals surface area contributed by atoms with Gasteiger partial charge >= 0.3 is 0 Å². The highest BCUT2D eigenvalue weighted by atomic mass is 16.1. The first kappa shape index (κ1) is 12.2. The van der Waals surface area contributed by atoms with Crippen LogP contribution < -0.4 is 11.5 Å². The van der Waals surface area contributed by atoms with Gasteiger partial charge in [-0.1, -0.05) is 37.3 Å². The van der Waals surface area contributed by atoms with Crippen LogP contribution >= 0.6 is 0 Å². The lowest BCUT2D eigenvalue weighted by Crippen LogP contribution is -2.14. The third-order valence-electron chi connectivity index (χ3n) is 2.84. The first-order valence-electron chi connectivity index (χ1n) is 5.82. The molecule has 5 heteroatoms. The Morgan fingerprint density at radius 1 is 1.33 bits per heavy atom. The molecule has 0 atom stereocenters. The molecule has 4 N–H and O–H groups in total. The Balaban J connectivity index is 2.39. The Hall–Kier alpha value is -2.30. The minimum atomic E-state index is -0.589. The van der Waals surface area contributed by atoms with Crippen LogP contribution in [0.3, 0.4) is 0 Å². The Morgan fingerprint density at radius 2 is 2.00 bits per heavy atom. The molecule has 1 aromatic carbocycles. The van der Waals surface area contributed by atoms with E-state index in [1.54, 1.807) is 4.68 Å². The second-order valence-electron chi connectivity index (χ2n) is 4.07. The summed E-state index contributed by atoms with van der Waals surface area (Å²) in [6, 6.07) is 9.88. The fraction of sp³-hybridized carbons (Fsp3) is 0.231. The number of aromatic nitrogens is 2. The van der Waals surface area contributed by atoms with Gasteiger partial charge in [0.05, 0.1) is 17.9 Å². The summed E-state index contributed by atoms with van der Waals surface area (Å²) in [5.41, 5.74) is 13.6. The van der Waals surface area contributed by atoms with E-state index in [1.165, 1.54) is 0 Å². The molecule has 1 aromatic heterocycles. The summed E-state index contributed by atoms with van der Waals surface area (Å²) in [5, 5.41) is 4.19. The second kappa shape index (κ2) is 4.91. The normalized spacial score (nSPS) is 10.5. The van der Waals surface area contributed by atoms with Gasteiger partial charge in [0.1, 0.15) is 0 Å². The summed E-state index contributed by atoms with van der Waals surface area (Å²) < 4.78 is 1.74. The molecular weight excluding hydrogens is 228 g/mol. The molecular formula is C13H16N4O. The molecule has 0 saturated carbocycles. The number of amides is 1. The van der Waals surface area contributed by atoms with Crippen molar-refractivity contribution in [2.75, 3.05) is 5.73 Å². The van der Waals surface area contributed by atoms with E-state index in [4.69, 9.17) is 11.5 Å². The van der Waals surface area contributed by atoms with Gasteiger partial charge in [0, 0.05) is 0 Å². The number of hydrogen-bond donors (Lipinski definition) is 2. The lowest BCUT2D eigenvalue weighted by atomic mass is 10.2. The van der Waals surface area contributed by atoms with Crippen molar-refractivity contribution in [2.24, 2.45) is 5.73 Å². The molecule has 0 unspecified atom stereocenters. The fourth-order valence-corrected chi connectivity index (χ4v) is 1.95. The molecule has 5 nitrogen and oxygen atoms in total. The summed E-state index contributed by atoms with van der Waals surface area (Å²) in [4.78, 5) is 11.2. The highest BCUT2D eigenvalue weighted by molar-refractivity contribution is 5.96. The van der Waals surface area contributed by atoms with Gasteiger partial charge in [-0.25, -0.2) is 0 Å². The molecule has 1 amide bonds. The van der Waals surface area contributed by atoms with Crippen molar-refractivity contribution in [3.8, 4) is 0 Å². The molecule has 0 fully saturated rings. The molecule has 2 rings (SSSR count). The fourth-order valence-electron chi connectivity index (χ4n) is 1.95. The van der Waals surface area contributed by atoms with Crippen LogP contribution in [-0.2, 0) is 13.0 Å². The number of primary amides is 1. The summed E-state index contributed by atoms with van der Waals surface area (Å²) >= 11 is 0. The average molecular weight is 244 g/mol. The van der Waals surface area contributed by atoms with Crippen molar-refractivity contribution in [3.05, 3.63) is 47.3 Å². The van der Waals surface area contributed by atoms with Crippen LogP contribution in [0.1, 0.15) is 28.7 Å². The molecule has 0 saturated heterocycles. The van der Waals surface area contributed by atoms with Crippen molar-refractivity contribution in [3.63, 3.8) is 0 Å². The Kier molecular flexibility index (Phi) is 3.32. The molecule has 94 valence electrons. The number of nitrogen functional groups attached to an aromatic ring is 1. The minimum Gasteiger partial charge on any atom is -0.395 e. The highest BCUT2D eigenvalue weighted by Gasteiger charge is 2.17. The van der Waals surface area contributed by atoms with Gasteiger partial charge in [-0.15, -0.1) is 0 Å². The number of carbonyl (C=O) groups is 1. The molecule has 2 aromatic rings. The molecule has 1 heterocycles. The molecule has 0 aliphatic carbocycles. The predicted octanol–water partition coefficient (Wildman–Crippen LogP) is 1.17. The van der Waals surface area contributed by atoms with Gasteiger partial charge in [-0.3, -0.25) is 9.48 Å². The minimum absolute atomic E-state index is 0.155. The van der Waals surface area contributed by atoms with Crippen LogP contribution in [0.15, 0.2) is 30.3 Å². The summed E-state index contributed by atoms with van der Waals surface area (Å²) in [7, 11) is 0. The van der Waals surface area contributed by atoms with Crippen LogP contribution in [0, 0.1) is 0 Å². The number of rotatable bonds is 4. The van der Waals surface area contributed by atoms with Crippen molar-refractivity contribution in [1.82, 2.24) is 9.78 Å². The van der Waals surface area contributed by atoms with Crippen LogP contribution in [-0.4, -0.2) is 15.7 Å². The number of nitrogens with zero attached hydrogens (tertiary/aromatic N) is 2. The maximum atomic E-state index is 11.2. The average Bonchev–Trinajstić information content (AvgIpc) is 2.67. The molecule has 0 spiro atoms. The Morgan fingerprint density at radius 3 is 2.56 bits per heavy atom. The number of nitrogens with two attached hydrogens (primary N) is 2. The number of anilines is 1. The third-order valence-corrected chi connectivity index (χ3v) is 2.84. The van der Waals surface area contributed by atoms with E-state index >= 15 is 0 Å². The van der Waals surface area contributed by atoms with E-state index in [-0.39, 0.29) is 5.69 Å². The number of benzene rings is 1. The van der Waals surface area contributed by atoms with Gasteiger partial charge in [-0.2, -0.15) is 5.10 Å². The van der Waals surface area contributed by atoms with E-state index in [0.717, 1.165) is 11.3 Å². The topological polar surface area (TPSA) is 86.9 Å². The van der Waals surface area contributed by atoms with Gasteiger partial charge in [-0.05, 0) is 12.0 Å². The number of hydrogen-bond acceptors (Lipinski definition) is 3. The Bertz CT molecular complexity index is 560. The second-order valence-corrected chi connectivity index (χ2v) is 4.07. The zero-order valence-electron chi connectivity index (χ0n) is 10.3. The van der Waals surface area contributed by atoms with Crippen LogP contribution in [0.5, 0.6) is 0 Å². The van der Waals surface area contributed by atoms with Crippen LogP contribution in [0.2, 0.25) is 0 Å². The van der Waals surface area contributed by atoms with Crippen LogP contribution in [0.4, 0.5) is 5.69 Å². The van der Waals surface area contributed by atoms with E-state index in [9.17, 15) is 4.79 Å². The molecule has 0 aliphatic heterocycles. The summed E-state index contributed by atoms with van der Waals surface area (Å²) in [6.07, 6.45) is 0.707.